The first-order valence-corrected chi connectivity index (χ1v) is 9.11. The summed E-state index contributed by atoms with van der Waals surface area (Å²) in [6.07, 6.45) is 7.45. The Balaban J connectivity index is 2.00. The molecule has 23 heavy (non-hydrogen) atoms. The third kappa shape index (κ3) is 2.64. The minimum atomic E-state index is 0.000532. The maximum Gasteiger partial charge on any atom is 0.123 e. The highest BCUT2D eigenvalue weighted by Gasteiger charge is 2.53. The molecule has 2 nitrogen and oxygen atoms in total. The van der Waals surface area contributed by atoms with Crippen molar-refractivity contribution < 1.29 is 10.2 Å². The summed E-state index contributed by atoms with van der Waals surface area (Å²) in [5, 5.41) is 20.3. The highest BCUT2D eigenvalue weighted by Crippen LogP contribution is 2.62. The molecule has 2 heteroatoms. The van der Waals surface area contributed by atoms with E-state index in [1.165, 1.54) is 31.7 Å². The Morgan fingerprint density at radius 2 is 1.70 bits per heavy atom. The van der Waals surface area contributed by atoms with Gasteiger partial charge in [-0.2, -0.15) is 0 Å². The lowest BCUT2D eigenvalue weighted by Crippen LogP contribution is -2.49. The van der Waals surface area contributed by atoms with Crippen molar-refractivity contribution >= 4 is 0 Å². The van der Waals surface area contributed by atoms with E-state index in [2.05, 4.69) is 27.7 Å². The molecule has 0 radical (unpaired) electrons. The van der Waals surface area contributed by atoms with Crippen LogP contribution in [-0.4, -0.2) is 10.2 Å². The Labute approximate surface area is 140 Å². The van der Waals surface area contributed by atoms with Crippen molar-refractivity contribution in [3.05, 3.63) is 23.3 Å². The summed E-state index contributed by atoms with van der Waals surface area (Å²) in [5.74, 6) is 1.20. The van der Waals surface area contributed by atoms with E-state index in [9.17, 15) is 10.2 Å². The average Bonchev–Trinajstić information content (AvgIpc) is 2.34. The molecule has 0 amide bonds. The molecule has 2 aliphatic carbocycles. The summed E-state index contributed by atoms with van der Waals surface area (Å²) < 4.78 is 0. The fourth-order valence-electron chi connectivity index (χ4n) is 6.38. The molecular formula is C21H32O2. The molecule has 2 saturated carbocycles. The fraction of sp³-hybridized carbons (Fsp3) is 0.714. The number of phenolic OH excluding ortho intramolecular Hbond substituents is 2. The van der Waals surface area contributed by atoms with Gasteiger partial charge in [-0.3, -0.25) is 0 Å². The van der Waals surface area contributed by atoms with E-state index in [4.69, 9.17) is 0 Å². The topological polar surface area (TPSA) is 40.5 Å². The minimum absolute atomic E-state index is 0.000532. The van der Waals surface area contributed by atoms with Crippen LogP contribution in [0.15, 0.2) is 12.1 Å². The molecule has 1 aromatic carbocycles. The van der Waals surface area contributed by atoms with Gasteiger partial charge in [-0.05, 0) is 72.8 Å². The average molecular weight is 316 g/mol. The molecule has 0 aromatic heterocycles. The molecule has 1 aromatic rings. The second-order valence-corrected chi connectivity index (χ2v) is 9.48. The van der Waals surface area contributed by atoms with E-state index in [0.717, 1.165) is 29.9 Å². The summed E-state index contributed by atoms with van der Waals surface area (Å²) in [6, 6.07) is 3.30. The quantitative estimate of drug-likeness (QED) is 0.699. The smallest absolute Gasteiger partial charge is 0.123 e. The Hall–Kier alpha value is -1.18. The molecule has 2 N–H and O–H groups in total. The number of hydrogen-bond donors (Lipinski definition) is 2. The van der Waals surface area contributed by atoms with E-state index in [-0.39, 0.29) is 16.9 Å². The summed E-state index contributed by atoms with van der Waals surface area (Å²) in [5.41, 5.74) is 2.85. The summed E-state index contributed by atoms with van der Waals surface area (Å²) in [7, 11) is 0. The first-order chi connectivity index (χ1) is 10.6. The van der Waals surface area contributed by atoms with Crippen molar-refractivity contribution in [3.8, 4) is 11.5 Å². The Kier molecular flexibility index (Phi) is 3.74. The second kappa shape index (κ2) is 5.16. The third-order valence-electron chi connectivity index (χ3n) is 7.04. The SMILES string of the molecule is Cc1cc(O)cc(O)c1[C@@]1(C)CC[C@@H]2C(C)(C)CCC[C@@]2(C)C1. The van der Waals surface area contributed by atoms with Gasteiger partial charge in [-0.15, -0.1) is 0 Å². The monoisotopic (exact) mass is 316 g/mol. The van der Waals surface area contributed by atoms with Crippen LogP contribution in [0.3, 0.4) is 0 Å². The number of aryl methyl sites for hydroxylation is 1. The van der Waals surface area contributed by atoms with E-state index >= 15 is 0 Å². The molecule has 2 fully saturated rings. The number of fused-ring (bicyclic) bond motifs is 1. The fourth-order valence-corrected chi connectivity index (χ4v) is 6.38. The van der Waals surface area contributed by atoms with Crippen LogP contribution >= 0.6 is 0 Å². The number of rotatable bonds is 1. The molecule has 2 aliphatic rings. The molecule has 0 unspecified atom stereocenters. The summed E-state index contributed by atoms with van der Waals surface area (Å²) in [6.45, 7) is 11.7. The van der Waals surface area contributed by atoms with E-state index in [1.807, 2.05) is 6.92 Å². The van der Waals surface area contributed by atoms with Crippen molar-refractivity contribution in [2.75, 3.05) is 0 Å². The Morgan fingerprint density at radius 3 is 2.35 bits per heavy atom. The number of hydrogen-bond acceptors (Lipinski definition) is 2. The van der Waals surface area contributed by atoms with Crippen molar-refractivity contribution in [2.24, 2.45) is 16.7 Å². The molecular weight excluding hydrogens is 284 g/mol. The van der Waals surface area contributed by atoms with Gasteiger partial charge in [0, 0.05) is 11.6 Å². The van der Waals surface area contributed by atoms with Gasteiger partial charge in [0.05, 0.1) is 0 Å². The first kappa shape index (κ1) is 16.7. The van der Waals surface area contributed by atoms with Crippen molar-refractivity contribution in [3.63, 3.8) is 0 Å². The Bertz CT molecular complexity index is 595. The zero-order chi connectivity index (χ0) is 17.0. The van der Waals surface area contributed by atoms with Crippen molar-refractivity contribution in [1.82, 2.24) is 0 Å². The zero-order valence-electron chi connectivity index (χ0n) is 15.4. The van der Waals surface area contributed by atoms with Crippen LogP contribution in [0, 0.1) is 23.7 Å². The molecule has 0 bridgehead atoms. The van der Waals surface area contributed by atoms with Crippen molar-refractivity contribution in [1.29, 1.82) is 0 Å². The lowest BCUT2D eigenvalue weighted by molar-refractivity contribution is -0.0558. The van der Waals surface area contributed by atoms with Gasteiger partial charge in [0.15, 0.2) is 0 Å². The first-order valence-electron chi connectivity index (χ1n) is 9.11. The number of aromatic hydroxyl groups is 2. The van der Waals surface area contributed by atoms with Crippen LogP contribution in [0.1, 0.15) is 77.3 Å². The van der Waals surface area contributed by atoms with Gasteiger partial charge in [0.1, 0.15) is 11.5 Å². The predicted molar refractivity (Wildman–Crippen MR) is 94.9 cm³/mol. The molecule has 0 aliphatic heterocycles. The molecule has 3 atom stereocenters. The highest BCUT2D eigenvalue weighted by atomic mass is 16.3. The maximum atomic E-state index is 10.5. The number of benzene rings is 1. The lowest BCUT2D eigenvalue weighted by Gasteiger charge is -2.58. The minimum Gasteiger partial charge on any atom is -0.508 e. The zero-order valence-corrected chi connectivity index (χ0v) is 15.4. The van der Waals surface area contributed by atoms with E-state index in [1.54, 1.807) is 6.07 Å². The maximum absolute atomic E-state index is 10.5. The second-order valence-electron chi connectivity index (χ2n) is 9.48. The lowest BCUT2D eigenvalue weighted by atomic mass is 9.47. The van der Waals surface area contributed by atoms with Crippen LogP contribution < -0.4 is 0 Å². The van der Waals surface area contributed by atoms with Gasteiger partial charge in [0.2, 0.25) is 0 Å². The third-order valence-corrected chi connectivity index (χ3v) is 7.04. The summed E-state index contributed by atoms with van der Waals surface area (Å²) >= 11 is 0. The van der Waals surface area contributed by atoms with Crippen LogP contribution in [0.5, 0.6) is 11.5 Å². The van der Waals surface area contributed by atoms with Crippen LogP contribution in [0.25, 0.3) is 0 Å². The largest absolute Gasteiger partial charge is 0.508 e. The van der Waals surface area contributed by atoms with Gasteiger partial charge in [-0.1, -0.05) is 34.1 Å². The van der Waals surface area contributed by atoms with E-state index in [0.29, 0.717) is 10.8 Å². The van der Waals surface area contributed by atoms with Crippen LogP contribution in [0.2, 0.25) is 0 Å². The van der Waals surface area contributed by atoms with Crippen molar-refractivity contribution in [2.45, 2.75) is 78.6 Å². The molecule has 0 saturated heterocycles. The van der Waals surface area contributed by atoms with Gasteiger partial charge >= 0.3 is 0 Å². The molecule has 0 spiro atoms. The van der Waals surface area contributed by atoms with Crippen LogP contribution in [-0.2, 0) is 5.41 Å². The molecule has 0 heterocycles. The highest BCUT2D eigenvalue weighted by molar-refractivity contribution is 5.49. The Morgan fingerprint density at radius 1 is 1.00 bits per heavy atom. The standard InChI is InChI=1S/C21H32O2/c1-14-11-15(22)12-16(23)18(14)21(5)10-7-17-19(2,3)8-6-9-20(17,4)13-21/h11-12,17,22-23H,6-10,13H2,1-5H3/t17-,20+,21+/m1/s1. The predicted octanol–water partition coefficient (Wildman–Crippen LogP) is 5.68. The van der Waals surface area contributed by atoms with Gasteiger partial charge < -0.3 is 10.2 Å². The molecule has 128 valence electrons. The van der Waals surface area contributed by atoms with Gasteiger partial charge in [0.25, 0.3) is 0 Å². The van der Waals surface area contributed by atoms with Crippen LogP contribution in [0.4, 0.5) is 0 Å². The van der Waals surface area contributed by atoms with E-state index < -0.39 is 0 Å². The normalized spacial score (nSPS) is 36.5. The molecule has 3 rings (SSSR count). The van der Waals surface area contributed by atoms with Gasteiger partial charge in [-0.25, -0.2) is 0 Å². The summed E-state index contributed by atoms with van der Waals surface area (Å²) in [4.78, 5) is 0. The number of phenols is 2.